The van der Waals surface area contributed by atoms with Gasteiger partial charge in [-0.2, -0.15) is 13.2 Å². The third kappa shape index (κ3) is 8.47. The number of amides is 2. The van der Waals surface area contributed by atoms with Crippen LogP contribution in [0.1, 0.15) is 53.9 Å². The maximum atomic E-state index is 13.0. The highest BCUT2D eigenvalue weighted by Gasteiger charge is 2.47. The number of hydrogen-bond donors (Lipinski definition) is 2. The zero-order chi connectivity index (χ0) is 33.6. The van der Waals surface area contributed by atoms with Crippen molar-refractivity contribution in [2.45, 2.75) is 63.1 Å². The molecule has 0 spiro atoms. The van der Waals surface area contributed by atoms with Gasteiger partial charge in [0.1, 0.15) is 6.04 Å². The minimum atomic E-state index is -5.02. The van der Waals surface area contributed by atoms with Crippen molar-refractivity contribution in [1.29, 1.82) is 0 Å². The zero-order valence-electron chi connectivity index (χ0n) is 26.3. The third-order valence-corrected chi connectivity index (χ3v) is 8.59. The number of carbonyl (C=O) groups is 2. The van der Waals surface area contributed by atoms with Crippen molar-refractivity contribution in [2.75, 3.05) is 26.7 Å². The lowest BCUT2D eigenvalue weighted by Gasteiger charge is -2.37. The van der Waals surface area contributed by atoms with Crippen molar-refractivity contribution in [3.63, 3.8) is 0 Å². The van der Waals surface area contributed by atoms with E-state index in [-0.39, 0.29) is 38.3 Å². The number of nitrogens with one attached hydrogen (secondary N) is 1. The SMILES string of the molecule is C=CCN(C)C[C@@H]1C[C@H](c2ccc(CO)cc2)O[C@H](c2ccc(-c3ccccc3CNC(=O)[C@@H]3CCCN3C(=O)C(F)(F)F)cc2)O1. The van der Waals surface area contributed by atoms with Crippen LogP contribution in [0.2, 0.25) is 0 Å². The molecule has 3 aromatic carbocycles. The number of likely N-dealkylation sites (N-methyl/N-ethyl adjacent to an activating group) is 1. The van der Waals surface area contributed by atoms with E-state index in [9.17, 15) is 27.9 Å². The van der Waals surface area contributed by atoms with Crippen LogP contribution in [-0.2, 0) is 32.2 Å². The molecule has 0 radical (unpaired) electrons. The summed E-state index contributed by atoms with van der Waals surface area (Å²) in [5.74, 6) is -2.59. The monoisotopic (exact) mass is 651 g/mol. The van der Waals surface area contributed by atoms with Crippen molar-refractivity contribution in [3.05, 3.63) is 108 Å². The Morgan fingerprint density at radius 1 is 1.04 bits per heavy atom. The number of aliphatic hydroxyl groups is 1. The van der Waals surface area contributed by atoms with Gasteiger partial charge < -0.3 is 29.7 Å². The number of ether oxygens (including phenoxy) is 2. The highest BCUT2D eigenvalue weighted by Crippen LogP contribution is 2.39. The number of benzene rings is 3. The number of hydrogen-bond acceptors (Lipinski definition) is 6. The molecule has 2 N–H and O–H groups in total. The second kappa shape index (κ2) is 15.2. The van der Waals surface area contributed by atoms with E-state index in [0.29, 0.717) is 24.3 Å². The molecule has 0 unspecified atom stereocenters. The highest BCUT2D eigenvalue weighted by molar-refractivity contribution is 5.90. The fourth-order valence-electron chi connectivity index (χ4n) is 6.20. The van der Waals surface area contributed by atoms with Crippen LogP contribution in [0.4, 0.5) is 13.2 Å². The van der Waals surface area contributed by atoms with Gasteiger partial charge in [-0.3, -0.25) is 9.59 Å². The smallest absolute Gasteiger partial charge is 0.392 e. The van der Waals surface area contributed by atoms with E-state index in [0.717, 1.165) is 39.9 Å². The van der Waals surface area contributed by atoms with E-state index in [4.69, 9.17) is 9.47 Å². The number of nitrogens with zero attached hydrogens (tertiary/aromatic N) is 2. The van der Waals surface area contributed by atoms with E-state index in [2.05, 4.69) is 16.8 Å². The van der Waals surface area contributed by atoms with Gasteiger partial charge in [-0.05, 0) is 47.7 Å². The second-order valence-electron chi connectivity index (χ2n) is 12.0. The van der Waals surface area contributed by atoms with Crippen molar-refractivity contribution in [3.8, 4) is 11.1 Å². The quantitative estimate of drug-likeness (QED) is 0.260. The summed E-state index contributed by atoms with van der Waals surface area (Å²) < 4.78 is 52.0. The fraction of sp³-hybridized carbons (Fsp3) is 0.389. The van der Waals surface area contributed by atoms with Crippen LogP contribution in [0.3, 0.4) is 0 Å². The van der Waals surface area contributed by atoms with Gasteiger partial charge in [0.2, 0.25) is 5.91 Å². The summed E-state index contributed by atoms with van der Waals surface area (Å²) in [6, 6.07) is 21.8. The lowest BCUT2D eigenvalue weighted by atomic mass is 9.97. The van der Waals surface area contributed by atoms with E-state index in [1.165, 1.54) is 0 Å². The Balaban J connectivity index is 1.30. The molecule has 2 aliphatic rings. The van der Waals surface area contributed by atoms with Gasteiger partial charge in [0.15, 0.2) is 6.29 Å². The summed E-state index contributed by atoms with van der Waals surface area (Å²) >= 11 is 0. The maximum Gasteiger partial charge on any atom is 0.471 e. The normalized spacial score (nSPS) is 21.5. The van der Waals surface area contributed by atoms with Crippen LogP contribution < -0.4 is 5.32 Å². The molecule has 0 aliphatic carbocycles. The van der Waals surface area contributed by atoms with Crippen molar-refractivity contribution in [2.24, 2.45) is 0 Å². The van der Waals surface area contributed by atoms with Crippen LogP contribution in [0.25, 0.3) is 11.1 Å². The zero-order valence-corrected chi connectivity index (χ0v) is 26.3. The molecule has 8 nitrogen and oxygen atoms in total. The predicted octanol–water partition coefficient (Wildman–Crippen LogP) is 5.68. The Labute approximate surface area is 272 Å². The second-order valence-corrected chi connectivity index (χ2v) is 12.0. The number of rotatable bonds is 11. The summed E-state index contributed by atoms with van der Waals surface area (Å²) in [6.45, 7) is 5.20. The van der Waals surface area contributed by atoms with Crippen LogP contribution >= 0.6 is 0 Å². The predicted molar refractivity (Wildman–Crippen MR) is 171 cm³/mol. The van der Waals surface area contributed by atoms with Gasteiger partial charge in [-0.25, -0.2) is 0 Å². The Morgan fingerprint density at radius 2 is 1.74 bits per heavy atom. The summed E-state index contributed by atoms with van der Waals surface area (Å²) in [5, 5.41) is 12.2. The first-order chi connectivity index (χ1) is 22.6. The van der Waals surface area contributed by atoms with Crippen LogP contribution in [-0.4, -0.2) is 71.7 Å². The third-order valence-electron chi connectivity index (χ3n) is 8.59. The van der Waals surface area contributed by atoms with Crippen LogP contribution in [0.5, 0.6) is 0 Å². The molecule has 2 aliphatic heterocycles. The van der Waals surface area contributed by atoms with Gasteiger partial charge in [0.05, 0.1) is 18.8 Å². The Hall–Kier alpha value is -4.03. The Bertz CT molecular complexity index is 1530. The minimum absolute atomic E-state index is 0.0313. The number of aliphatic hydroxyl groups excluding tert-OH is 1. The molecular formula is C36H40F3N3O5. The van der Waals surface area contributed by atoms with E-state index < -0.39 is 30.3 Å². The van der Waals surface area contributed by atoms with Gasteiger partial charge in [0, 0.05) is 38.2 Å². The average Bonchev–Trinajstić information content (AvgIpc) is 3.57. The molecule has 0 aromatic heterocycles. The van der Waals surface area contributed by atoms with Gasteiger partial charge >= 0.3 is 12.1 Å². The topological polar surface area (TPSA) is 91.3 Å². The molecule has 11 heteroatoms. The molecule has 2 heterocycles. The first-order valence-corrected chi connectivity index (χ1v) is 15.7. The van der Waals surface area contributed by atoms with Crippen molar-refractivity contribution < 1.29 is 37.3 Å². The first-order valence-electron chi connectivity index (χ1n) is 15.7. The number of halogens is 3. The summed E-state index contributed by atoms with van der Waals surface area (Å²) in [4.78, 5) is 27.5. The van der Waals surface area contributed by atoms with Gasteiger partial charge in [0.25, 0.3) is 0 Å². The molecule has 0 bridgehead atoms. The van der Waals surface area contributed by atoms with Crippen molar-refractivity contribution >= 4 is 11.8 Å². The summed E-state index contributed by atoms with van der Waals surface area (Å²) in [6.07, 6.45) is -2.93. The lowest BCUT2D eigenvalue weighted by Crippen LogP contribution is -2.50. The molecule has 2 fully saturated rings. The number of carbonyl (C=O) groups excluding carboxylic acids is 2. The molecule has 0 saturated carbocycles. The van der Waals surface area contributed by atoms with Crippen LogP contribution in [0, 0.1) is 0 Å². The number of likely N-dealkylation sites (tertiary alicyclic amines) is 1. The van der Waals surface area contributed by atoms with Gasteiger partial charge in [-0.1, -0.05) is 78.9 Å². The average molecular weight is 652 g/mol. The largest absolute Gasteiger partial charge is 0.471 e. The molecule has 250 valence electrons. The van der Waals surface area contributed by atoms with E-state index in [1.54, 1.807) is 0 Å². The van der Waals surface area contributed by atoms with Crippen LogP contribution in [0.15, 0.2) is 85.5 Å². The van der Waals surface area contributed by atoms with Gasteiger partial charge in [-0.15, -0.1) is 6.58 Å². The molecule has 47 heavy (non-hydrogen) atoms. The van der Waals surface area contributed by atoms with E-state index in [1.807, 2.05) is 85.9 Å². The van der Waals surface area contributed by atoms with E-state index >= 15 is 0 Å². The Kier molecular flexibility index (Phi) is 11.1. The summed E-state index contributed by atoms with van der Waals surface area (Å²) in [5.41, 5.74) is 5.17. The maximum absolute atomic E-state index is 13.0. The highest BCUT2D eigenvalue weighted by atomic mass is 19.4. The standard InChI is InChI=1S/C36H40F3N3O5/c1-3-18-41(2)22-29-20-32(26-12-10-24(23-43)11-13-26)47-34(46-29)27-16-14-25(15-17-27)30-8-5-4-7-28(30)21-40-33(44)31-9-6-19-42(31)35(45)36(37,38)39/h3-5,7-8,10-17,29,31-32,34,43H,1,6,9,18-23H2,2H3,(H,40,44)/t29-,31-,32+,34+/m0/s1. The molecular weight excluding hydrogens is 611 g/mol. The van der Waals surface area contributed by atoms with Crippen molar-refractivity contribution in [1.82, 2.24) is 15.1 Å². The molecule has 5 rings (SSSR count). The fourth-order valence-corrected chi connectivity index (χ4v) is 6.20. The first kappa shape index (κ1) is 34.3. The summed E-state index contributed by atoms with van der Waals surface area (Å²) in [7, 11) is 2.01. The minimum Gasteiger partial charge on any atom is -0.392 e. The molecule has 4 atom stereocenters. The molecule has 3 aromatic rings. The molecule has 2 amide bonds. The molecule has 2 saturated heterocycles. The Morgan fingerprint density at radius 3 is 2.43 bits per heavy atom. The number of alkyl halides is 3. The lowest BCUT2D eigenvalue weighted by molar-refractivity contribution is -0.252.